The number of rotatable bonds is 5. The number of hydrogen-bond acceptors (Lipinski definition) is 3. The maximum atomic E-state index is 12.9. The predicted molar refractivity (Wildman–Crippen MR) is 83.9 cm³/mol. The van der Waals surface area contributed by atoms with E-state index in [-0.39, 0.29) is 11.3 Å². The number of nitrogens with zero attached hydrogens (tertiary/aromatic N) is 1. The Kier molecular flexibility index (Phi) is 6.59. The molecule has 0 aromatic heterocycles. The summed E-state index contributed by atoms with van der Waals surface area (Å²) in [5, 5.41) is 11.1. The van der Waals surface area contributed by atoms with E-state index in [2.05, 4.69) is 5.32 Å². The molecule has 0 bridgehead atoms. The van der Waals surface area contributed by atoms with Gasteiger partial charge >= 0.3 is 6.18 Å². The SMILES string of the molecule is C/C=C\C(OCC)=C(/C)C(=O)Nc1ccc(C#N)c(C(F)(F)F)c1. The van der Waals surface area contributed by atoms with Crippen molar-refractivity contribution < 1.29 is 22.7 Å². The van der Waals surface area contributed by atoms with E-state index in [1.54, 1.807) is 26.0 Å². The van der Waals surface area contributed by atoms with Crippen LogP contribution in [0.4, 0.5) is 18.9 Å². The van der Waals surface area contributed by atoms with Crippen molar-refractivity contribution in [2.75, 3.05) is 11.9 Å². The number of carbonyl (C=O) groups excluding carboxylic acids is 1. The van der Waals surface area contributed by atoms with Crippen LogP contribution in [-0.4, -0.2) is 12.5 Å². The van der Waals surface area contributed by atoms with E-state index >= 15 is 0 Å². The Bertz CT molecular complexity index is 714. The number of halogens is 3. The molecule has 4 nitrogen and oxygen atoms in total. The van der Waals surface area contributed by atoms with Crippen LogP contribution in [-0.2, 0) is 15.7 Å². The molecule has 1 aromatic rings. The van der Waals surface area contributed by atoms with Crippen LogP contribution in [0, 0.1) is 11.3 Å². The summed E-state index contributed by atoms with van der Waals surface area (Å²) in [6.07, 6.45) is -1.40. The molecule has 7 heteroatoms. The summed E-state index contributed by atoms with van der Waals surface area (Å²) in [6.45, 7) is 5.36. The second kappa shape index (κ2) is 8.20. The van der Waals surface area contributed by atoms with E-state index in [0.29, 0.717) is 12.4 Å². The number of anilines is 1. The van der Waals surface area contributed by atoms with Gasteiger partial charge in [0.2, 0.25) is 0 Å². The van der Waals surface area contributed by atoms with Gasteiger partial charge in [0.15, 0.2) is 0 Å². The largest absolute Gasteiger partial charge is 0.493 e. The molecule has 0 saturated carbocycles. The van der Waals surface area contributed by atoms with Gasteiger partial charge in [0.05, 0.1) is 29.4 Å². The molecule has 1 amide bonds. The van der Waals surface area contributed by atoms with Crippen molar-refractivity contribution in [2.24, 2.45) is 0 Å². The molecule has 0 atom stereocenters. The number of carbonyl (C=O) groups is 1. The second-order valence-corrected chi connectivity index (χ2v) is 4.75. The van der Waals surface area contributed by atoms with Gasteiger partial charge in [-0.2, -0.15) is 18.4 Å². The van der Waals surface area contributed by atoms with Gasteiger partial charge in [-0.3, -0.25) is 4.79 Å². The van der Waals surface area contributed by atoms with Crippen molar-refractivity contribution in [3.63, 3.8) is 0 Å². The Morgan fingerprint density at radius 3 is 2.58 bits per heavy atom. The van der Waals surface area contributed by atoms with Gasteiger partial charge in [-0.25, -0.2) is 0 Å². The maximum absolute atomic E-state index is 12.9. The highest BCUT2D eigenvalue weighted by molar-refractivity contribution is 6.04. The summed E-state index contributed by atoms with van der Waals surface area (Å²) in [7, 11) is 0. The third-order valence-electron chi connectivity index (χ3n) is 3.03. The number of benzene rings is 1. The number of allylic oxidation sites excluding steroid dienone is 2. The van der Waals surface area contributed by atoms with Crippen LogP contribution >= 0.6 is 0 Å². The number of nitrogens with one attached hydrogen (secondary N) is 1. The number of nitriles is 1. The van der Waals surface area contributed by atoms with Gasteiger partial charge in [-0.1, -0.05) is 6.08 Å². The first kappa shape index (κ1) is 19.3. The first-order valence-corrected chi connectivity index (χ1v) is 7.13. The smallest absolute Gasteiger partial charge is 0.417 e. The summed E-state index contributed by atoms with van der Waals surface area (Å²) < 4.78 is 44.1. The first-order valence-electron chi connectivity index (χ1n) is 7.13. The normalized spacial score (nSPS) is 12.5. The minimum Gasteiger partial charge on any atom is -0.493 e. The monoisotopic (exact) mass is 338 g/mol. The summed E-state index contributed by atoms with van der Waals surface area (Å²) in [6, 6.07) is 4.49. The van der Waals surface area contributed by atoms with Crippen LogP contribution in [0.25, 0.3) is 0 Å². The lowest BCUT2D eigenvalue weighted by Crippen LogP contribution is -2.16. The molecule has 0 unspecified atom stereocenters. The number of ether oxygens (including phenoxy) is 1. The molecule has 1 N–H and O–H groups in total. The second-order valence-electron chi connectivity index (χ2n) is 4.75. The lowest BCUT2D eigenvalue weighted by molar-refractivity contribution is -0.137. The van der Waals surface area contributed by atoms with Gasteiger partial charge < -0.3 is 10.1 Å². The average molecular weight is 338 g/mol. The van der Waals surface area contributed by atoms with Crippen LogP contribution < -0.4 is 5.32 Å². The minimum atomic E-state index is -4.68. The third kappa shape index (κ3) is 4.88. The van der Waals surface area contributed by atoms with E-state index in [9.17, 15) is 18.0 Å². The topological polar surface area (TPSA) is 62.1 Å². The van der Waals surface area contributed by atoms with Gasteiger partial charge in [0.1, 0.15) is 5.76 Å². The van der Waals surface area contributed by atoms with E-state index in [1.165, 1.54) is 19.1 Å². The highest BCUT2D eigenvalue weighted by atomic mass is 19.4. The van der Waals surface area contributed by atoms with Crippen LogP contribution in [0.2, 0.25) is 0 Å². The van der Waals surface area contributed by atoms with Crippen molar-refractivity contribution in [1.82, 2.24) is 0 Å². The molecule has 0 aliphatic rings. The summed E-state index contributed by atoms with van der Waals surface area (Å²) in [5.41, 5.74) is -1.42. The quantitative estimate of drug-likeness (QED) is 0.492. The predicted octanol–water partition coefficient (Wildman–Crippen LogP) is 4.40. The molecule has 0 saturated heterocycles. The van der Waals surface area contributed by atoms with Gasteiger partial charge in [-0.05, 0) is 45.0 Å². The highest BCUT2D eigenvalue weighted by Crippen LogP contribution is 2.33. The molecule has 0 spiro atoms. The third-order valence-corrected chi connectivity index (χ3v) is 3.03. The zero-order valence-electron chi connectivity index (χ0n) is 13.5. The summed E-state index contributed by atoms with van der Waals surface area (Å²) in [5.74, 6) is -0.253. The van der Waals surface area contributed by atoms with Crippen molar-refractivity contribution in [1.29, 1.82) is 5.26 Å². The highest BCUT2D eigenvalue weighted by Gasteiger charge is 2.34. The van der Waals surface area contributed by atoms with E-state index < -0.39 is 23.2 Å². The van der Waals surface area contributed by atoms with Gasteiger partial charge in [0.25, 0.3) is 5.91 Å². The standard InChI is InChI=1S/C17H17F3N2O2/c1-4-6-15(24-5-2)11(3)16(23)22-13-8-7-12(10-21)14(9-13)17(18,19)20/h4,6-9H,5H2,1-3H3,(H,22,23)/b6-4-,15-11-. The van der Waals surface area contributed by atoms with Crippen molar-refractivity contribution >= 4 is 11.6 Å². The molecule has 0 fully saturated rings. The van der Waals surface area contributed by atoms with Crippen LogP contribution in [0.5, 0.6) is 0 Å². The molecule has 0 aliphatic heterocycles. The Hall–Kier alpha value is -2.75. The lowest BCUT2D eigenvalue weighted by atomic mass is 10.1. The van der Waals surface area contributed by atoms with E-state index in [0.717, 1.165) is 12.1 Å². The summed E-state index contributed by atoms with van der Waals surface area (Å²) in [4.78, 5) is 12.2. The zero-order chi connectivity index (χ0) is 18.3. The van der Waals surface area contributed by atoms with Crippen molar-refractivity contribution in [2.45, 2.75) is 26.9 Å². The van der Waals surface area contributed by atoms with Crippen molar-refractivity contribution in [3.05, 3.63) is 52.8 Å². The van der Waals surface area contributed by atoms with Gasteiger partial charge in [-0.15, -0.1) is 0 Å². The molecule has 0 aliphatic carbocycles. The van der Waals surface area contributed by atoms with E-state index in [1.807, 2.05) is 0 Å². The zero-order valence-corrected chi connectivity index (χ0v) is 13.5. The fraction of sp³-hybridized carbons (Fsp3) is 0.294. The number of amides is 1. The van der Waals surface area contributed by atoms with Crippen LogP contribution in [0.3, 0.4) is 0 Å². The van der Waals surface area contributed by atoms with Crippen molar-refractivity contribution in [3.8, 4) is 6.07 Å². The minimum absolute atomic E-state index is 0.0537. The van der Waals surface area contributed by atoms with Crippen LogP contribution in [0.15, 0.2) is 41.7 Å². The number of alkyl halides is 3. The fourth-order valence-electron chi connectivity index (χ4n) is 1.88. The molecule has 24 heavy (non-hydrogen) atoms. The van der Waals surface area contributed by atoms with Gasteiger partial charge in [0, 0.05) is 5.69 Å². The van der Waals surface area contributed by atoms with Crippen LogP contribution in [0.1, 0.15) is 31.9 Å². The lowest BCUT2D eigenvalue weighted by Gasteiger charge is -2.13. The maximum Gasteiger partial charge on any atom is 0.417 e. The summed E-state index contributed by atoms with van der Waals surface area (Å²) >= 11 is 0. The molecule has 0 radical (unpaired) electrons. The molecule has 128 valence electrons. The Morgan fingerprint density at radius 2 is 2.08 bits per heavy atom. The fourth-order valence-corrected chi connectivity index (χ4v) is 1.88. The molecule has 0 heterocycles. The Morgan fingerprint density at radius 1 is 1.42 bits per heavy atom. The molecule has 1 aromatic carbocycles. The first-order chi connectivity index (χ1) is 11.2. The molecule has 1 rings (SSSR count). The number of hydrogen-bond donors (Lipinski definition) is 1. The Balaban J connectivity index is 3.15. The molecular formula is C17H17F3N2O2. The van der Waals surface area contributed by atoms with E-state index in [4.69, 9.17) is 10.00 Å². The average Bonchev–Trinajstić information content (AvgIpc) is 2.53. The Labute approximate surface area is 138 Å². The molecular weight excluding hydrogens is 321 g/mol.